The number of carboxylic acids is 1. The predicted octanol–water partition coefficient (Wildman–Crippen LogP) is 0.102. The number of rotatable bonds is 5. The Morgan fingerprint density at radius 3 is 2.82 bits per heavy atom. The Kier molecular flexibility index (Phi) is 5.76. The van der Waals surface area contributed by atoms with Crippen molar-refractivity contribution in [2.45, 2.75) is 19.3 Å². The molecule has 1 saturated heterocycles. The van der Waals surface area contributed by atoms with Crippen LogP contribution in [0.25, 0.3) is 0 Å². The highest BCUT2D eigenvalue weighted by molar-refractivity contribution is 5.74. The van der Waals surface area contributed by atoms with E-state index in [0.717, 1.165) is 19.5 Å². The molecule has 1 atom stereocenters. The van der Waals surface area contributed by atoms with Crippen LogP contribution in [0.1, 0.15) is 19.3 Å². The van der Waals surface area contributed by atoms with E-state index in [1.54, 1.807) is 0 Å². The second-order valence-corrected chi connectivity index (χ2v) is 4.55. The van der Waals surface area contributed by atoms with Crippen molar-refractivity contribution in [1.82, 2.24) is 15.5 Å². The van der Waals surface area contributed by atoms with Crippen LogP contribution in [0, 0.1) is 5.92 Å². The van der Waals surface area contributed by atoms with E-state index >= 15 is 0 Å². The van der Waals surface area contributed by atoms with Gasteiger partial charge in [0.15, 0.2) is 0 Å². The number of carbonyl (C=O) groups is 2. The van der Waals surface area contributed by atoms with E-state index in [0.29, 0.717) is 12.5 Å². The van der Waals surface area contributed by atoms with Crippen LogP contribution in [0.3, 0.4) is 0 Å². The molecule has 1 heterocycles. The molecule has 0 bridgehead atoms. The van der Waals surface area contributed by atoms with Crippen molar-refractivity contribution in [2.75, 3.05) is 33.2 Å². The molecule has 0 aromatic rings. The molecule has 0 aromatic carbocycles. The van der Waals surface area contributed by atoms with Crippen LogP contribution in [-0.4, -0.2) is 55.2 Å². The summed E-state index contributed by atoms with van der Waals surface area (Å²) in [6.07, 6.45) is 2.27. The van der Waals surface area contributed by atoms with Gasteiger partial charge in [-0.2, -0.15) is 0 Å². The fourth-order valence-electron chi connectivity index (χ4n) is 2.02. The molecule has 0 aromatic heterocycles. The van der Waals surface area contributed by atoms with Gasteiger partial charge in [-0.3, -0.25) is 4.79 Å². The van der Waals surface area contributed by atoms with Crippen molar-refractivity contribution in [3.63, 3.8) is 0 Å². The van der Waals surface area contributed by atoms with Crippen molar-refractivity contribution in [3.05, 3.63) is 0 Å². The first kappa shape index (κ1) is 13.8. The highest BCUT2D eigenvalue weighted by atomic mass is 16.4. The molecular weight excluding hydrogens is 222 g/mol. The van der Waals surface area contributed by atoms with Crippen molar-refractivity contribution in [3.8, 4) is 0 Å². The van der Waals surface area contributed by atoms with Crippen LogP contribution in [0.4, 0.5) is 4.79 Å². The zero-order valence-electron chi connectivity index (χ0n) is 10.2. The first-order valence-corrected chi connectivity index (χ1v) is 6.00. The van der Waals surface area contributed by atoms with Crippen molar-refractivity contribution in [2.24, 2.45) is 5.92 Å². The standard InChI is InChI=1S/C11H21N3O3/c1-14-6-2-3-9(8-14)7-13-11(17)12-5-4-10(15)16/h9H,2-8H2,1H3,(H,15,16)(H2,12,13,17). The number of hydrogen-bond acceptors (Lipinski definition) is 3. The lowest BCUT2D eigenvalue weighted by Gasteiger charge is -2.29. The molecule has 1 fully saturated rings. The zero-order chi connectivity index (χ0) is 12.7. The second kappa shape index (κ2) is 7.11. The SMILES string of the molecule is CN1CCCC(CNC(=O)NCCC(=O)O)C1. The van der Waals surface area contributed by atoms with Crippen LogP contribution >= 0.6 is 0 Å². The van der Waals surface area contributed by atoms with Crippen molar-refractivity contribution >= 4 is 12.0 Å². The van der Waals surface area contributed by atoms with Gasteiger partial charge in [-0.05, 0) is 32.4 Å². The summed E-state index contributed by atoms with van der Waals surface area (Å²) in [5.74, 6) is -0.404. The highest BCUT2D eigenvalue weighted by Gasteiger charge is 2.17. The molecule has 1 unspecified atom stereocenters. The normalized spacial score (nSPS) is 20.9. The van der Waals surface area contributed by atoms with Gasteiger partial charge >= 0.3 is 12.0 Å². The number of piperidine rings is 1. The van der Waals surface area contributed by atoms with Crippen LogP contribution in [0.15, 0.2) is 0 Å². The number of carbonyl (C=O) groups excluding carboxylic acids is 1. The fraction of sp³-hybridized carbons (Fsp3) is 0.818. The third-order valence-electron chi connectivity index (χ3n) is 2.90. The fourth-order valence-corrected chi connectivity index (χ4v) is 2.02. The van der Waals surface area contributed by atoms with Crippen LogP contribution in [0.5, 0.6) is 0 Å². The van der Waals surface area contributed by atoms with E-state index in [1.807, 2.05) is 0 Å². The molecule has 0 spiro atoms. The molecule has 98 valence electrons. The topological polar surface area (TPSA) is 81.7 Å². The Labute approximate surface area is 101 Å². The number of nitrogens with one attached hydrogen (secondary N) is 2. The molecule has 1 aliphatic rings. The minimum Gasteiger partial charge on any atom is -0.481 e. The smallest absolute Gasteiger partial charge is 0.314 e. The maximum atomic E-state index is 11.3. The van der Waals surface area contributed by atoms with Gasteiger partial charge in [-0.1, -0.05) is 0 Å². The lowest BCUT2D eigenvalue weighted by molar-refractivity contribution is -0.136. The van der Waals surface area contributed by atoms with E-state index in [4.69, 9.17) is 5.11 Å². The molecule has 6 heteroatoms. The molecule has 6 nitrogen and oxygen atoms in total. The number of carboxylic acid groups (broad SMARTS) is 1. The predicted molar refractivity (Wildman–Crippen MR) is 63.9 cm³/mol. The maximum absolute atomic E-state index is 11.3. The molecule has 0 aliphatic carbocycles. The first-order chi connectivity index (χ1) is 8.08. The maximum Gasteiger partial charge on any atom is 0.314 e. The van der Waals surface area contributed by atoms with Gasteiger partial charge in [0.05, 0.1) is 6.42 Å². The molecule has 3 N–H and O–H groups in total. The lowest BCUT2D eigenvalue weighted by atomic mass is 9.99. The average molecular weight is 243 g/mol. The summed E-state index contributed by atoms with van der Waals surface area (Å²) in [4.78, 5) is 23.8. The molecule has 1 aliphatic heterocycles. The third-order valence-corrected chi connectivity index (χ3v) is 2.90. The quantitative estimate of drug-likeness (QED) is 0.640. The monoisotopic (exact) mass is 243 g/mol. The average Bonchev–Trinajstić information content (AvgIpc) is 2.26. The van der Waals surface area contributed by atoms with Gasteiger partial charge in [0.1, 0.15) is 0 Å². The zero-order valence-corrected chi connectivity index (χ0v) is 10.2. The van der Waals surface area contributed by atoms with Crippen LogP contribution < -0.4 is 10.6 Å². The van der Waals surface area contributed by atoms with E-state index < -0.39 is 5.97 Å². The molecule has 17 heavy (non-hydrogen) atoms. The molecule has 2 amide bonds. The van der Waals surface area contributed by atoms with Gasteiger partial charge in [-0.25, -0.2) is 4.79 Å². The summed E-state index contributed by atoms with van der Waals surface area (Å²) in [5.41, 5.74) is 0. The second-order valence-electron chi connectivity index (χ2n) is 4.55. The van der Waals surface area contributed by atoms with E-state index in [9.17, 15) is 9.59 Å². The first-order valence-electron chi connectivity index (χ1n) is 6.00. The summed E-state index contributed by atoms with van der Waals surface area (Å²) in [6, 6.07) is -0.278. The molecule has 1 rings (SSSR count). The third kappa shape index (κ3) is 6.11. The summed E-state index contributed by atoms with van der Waals surface area (Å²) >= 11 is 0. The summed E-state index contributed by atoms with van der Waals surface area (Å²) < 4.78 is 0. The lowest BCUT2D eigenvalue weighted by Crippen LogP contribution is -2.43. The number of amides is 2. The minimum atomic E-state index is -0.904. The van der Waals surface area contributed by atoms with Gasteiger partial charge in [-0.15, -0.1) is 0 Å². The number of nitrogens with zero attached hydrogens (tertiary/aromatic N) is 1. The summed E-state index contributed by atoms with van der Waals surface area (Å²) in [7, 11) is 2.08. The molecular formula is C11H21N3O3. The molecule has 0 saturated carbocycles. The van der Waals surface area contributed by atoms with Crippen LogP contribution in [0.2, 0.25) is 0 Å². The number of likely N-dealkylation sites (tertiary alicyclic amines) is 1. The highest BCUT2D eigenvalue weighted by Crippen LogP contribution is 2.13. The van der Waals surface area contributed by atoms with E-state index in [1.165, 1.54) is 6.42 Å². The molecule has 0 radical (unpaired) electrons. The van der Waals surface area contributed by atoms with Crippen molar-refractivity contribution in [1.29, 1.82) is 0 Å². The van der Waals surface area contributed by atoms with Crippen molar-refractivity contribution < 1.29 is 14.7 Å². The summed E-state index contributed by atoms with van der Waals surface area (Å²) in [6.45, 7) is 2.96. The van der Waals surface area contributed by atoms with E-state index in [-0.39, 0.29) is 19.0 Å². The van der Waals surface area contributed by atoms with Gasteiger partial charge in [0.25, 0.3) is 0 Å². The van der Waals surface area contributed by atoms with Gasteiger partial charge in [0.2, 0.25) is 0 Å². The Morgan fingerprint density at radius 1 is 1.41 bits per heavy atom. The van der Waals surface area contributed by atoms with E-state index in [2.05, 4.69) is 22.6 Å². The minimum absolute atomic E-state index is 0.0421. The summed E-state index contributed by atoms with van der Waals surface area (Å²) in [5, 5.41) is 13.7. The Morgan fingerprint density at radius 2 is 2.18 bits per heavy atom. The number of urea groups is 1. The van der Waals surface area contributed by atoms with Gasteiger partial charge in [0, 0.05) is 19.6 Å². The number of aliphatic carboxylic acids is 1. The number of hydrogen-bond donors (Lipinski definition) is 3. The Hall–Kier alpha value is -1.30. The Balaban J connectivity index is 2.08. The van der Waals surface area contributed by atoms with Gasteiger partial charge < -0.3 is 20.6 Å². The Bertz CT molecular complexity index is 271. The largest absolute Gasteiger partial charge is 0.481 e. The van der Waals surface area contributed by atoms with Crippen LogP contribution in [-0.2, 0) is 4.79 Å².